The van der Waals surface area contributed by atoms with Gasteiger partial charge in [-0.05, 0) is 19.9 Å². The fourth-order valence-corrected chi connectivity index (χ4v) is 1.58. The van der Waals surface area contributed by atoms with E-state index in [1.54, 1.807) is 37.8 Å². The molecule has 0 atom stereocenters. The lowest BCUT2D eigenvalue weighted by Crippen LogP contribution is -2.21. The maximum absolute atomic E-state index is 11.7. The van der Waals surface area contributed by atoms with Gasteiger partial charge in [-0.1, -0.05) is 0 Å². The van der Waals surface area contributed by atoms with Gasteiger partial charge in [0, 0.05) is 33.1 Å². The van der Waals surface area contributed by atoms with Crippen molar-refractivity contribution in [3.8, 4) is 5.75 Å². The number of hydrogen-bond acceptors (Lipinski definition) is 4. The summed E-state index contributed by atoms with van der Waals surface area (Å²) in [7, 11) is 3.34. The first-order valence-corrected chi connectivity index (χ1v) is 5.91. The lowest BCUT2D eigenvalue weighted by Gasteiger charge is -2.10. The highest BCUT2D eigenvalue weighted by Gasteiger charge is 2.12. The molecule has 19 heavy (non-hydrogen) atoms. The number of aliphatic hydroxyl groups is 1. The van der Waals surface area contributed by atoms with Gasteiger partial charge in [-0.25, -0.2) is 4.98 Å². The van der Waals surface area contributed by atoms with Crippen molar-refractivity contribution >= 4 is 11.6 Å². The van der Waals surface area contributed by atoms with Gasteiger partial charge in [0.15, 0.2) is 11.4 Å². The van der Waals surface area contributed by atoms with Gasteiger partial charge < -0.3 is 19.5 Å². The summed E-state index contributed by atoms with van der Waals surface area (Å²) in [5.74, 6) is -0.135. The lowest BCUT2D eigenvalue weighted by atomic mass is 10.2. The van der Waals surface area contributed by atoms with Crippen molar-refractivity contribution in [1.82, 2.24) is 14.3 Å². The van der Waals surface area contributed by atoms with E-state index in [4.69, 9.17) is 5.11 Å². The topological polar surface area (TPSA) is 78.1 Å². The molecule has 2 N–H and O–H groups in total. The number of fused-ring (bicyclic) bond motifs is 1. The van der Waals surface area contributed by atoms with Crippen LogP contribution in [-0.2, 0) is 0 Å². The second-order valence-electron chi connectivity index (χ2n) is 4.24. The normalized spacial score (nSPS) is 9.95. The van der Waals surface area contributed by atoms with Crippen molar-refractivity contribution in [2.24, 2.45) is 0 Å². The van der Waals surface area contributed by atoms with Gasteiger partial charge in [-0.2, -0.15) is 0 Å². The Hall–Kier alpha value is -2.08. The Morgan fingerprint density at radius 2 is 2.00 bits per heavy atom. The van der Waals surface area contributed by atoms with E-state index in [9.17, 15) is 9.90 Å². The molecule has 0 unspecified atom stereocenters. The molecule has 0 aliphatic carbocycles. The van der Waals surface area contributed by atoms with Crippen LogP contribution in [0, 0.1) is 6.92 Å². The lowest BCUT2D eigenvalue weighted by molar-refractivity contribution is 0.0826. The average Bonchev–Trinajstić information content (AvgIpc) is 2.70. The van der Waals surface area contributed by atoms with Crippen molar-refractivity contribution in [3.63, 3.8) is 0 Å². The third-order valence-electron chi connectivity index (χ3n) is 2.31. The van der Waals surface area contributed by atoms with Crippen molar-refractivity contribution < 1.29 is 15.0 Å². The Kier molecular flexibility index (Phi) is 4.88. The quantitative estimate of drug-likeness (QED) is 0.808. The van der Waals surface area contributed by atoms with Crippen molar-refractivity contribution in [3.05, 3.63) is 29.7 Å². The Morgan fingerprint density at radius 3 is 2.53 bits per heavy atom. The molecular weight excluding hydrogens is 246 g/mol. The molecule has 0 radical (unpaired) electrons. The molecule has 6 nitrogen and oxygen atoms in total. The van der Waals surface area contributed by atoms with E-state index in [1.165, 1.54) is 11.0 Å². The molecule has 2 aromatic rings. The molecule has 0 aliphatic rings. The Balaban J connectivity index is 0.000000550. The average molecular weight is 265 g/mol. The van der Waals surface area contributed by atoms with Crippen LogP contribution in [0.3, 0.4) is 0 Å². The van der Waals surface area contributed by atoms with E-state index < -0.39 is 0 Å². The summed E-state index contributed by atoms with van der Waals surface area (Å²) in [4.78, 5) is 17.3. The summed E-state index contributed by atoms with van der Waals surface area (Å²) in [6, 6.07) is 1.43. The molecule has 0 saturated carbocycles. The fraction of sp³-hybridized carbons (Fsp3) is 0.385. The van der Waals surface area contributed by atoms with Crippen LogP contribution in [0.5, 0.6) is 5.75 Å². The highest BCUT2D eigenvalue weighted by Crippen LogP contribution is 2.20. The zero-order valence-corrected chi connectivity index (χ0v) is 11.6. The molecule has 0 saturated heterocycles. The largest absolute Gasteiger partial charge is 0.504 e. The van der Waals surface area contributed by atoms with Crippen LogP contribution in [-0.4, -0.2) is 51.1 Å². The minimum absolute atomic E-state index is 0.0146. The number of carbonyl (C=O) groups is 1. The van der Waals surface area contributed by atoms with E-state index in [0.29, 0.717) is 11.2 Å². The molecule has 0 fully saturated rings. The molecule has 0 spiro atoms. The SMILES string of the molecule is CCO.Cc1cn2cc(C(=O)N(C)C)cc(O)c2n1. The van der Waals surface area contributed by atoms with Crippen LogP contribution in [0.1, 0.15) is 23.0 Å². The molecule has 6 heteroatoms. The predicted molar refractivity (Wildman–Crippen MR) is 72.4 cm³/mol. The number of pyridine rings is 1. The maximum Gasteiger partial charge on any atom is 0.254 e. The molecule has 0 aliphatic heterocycles. The second kappa shape index (κ2) is 6.19. The predicted octanol–water partition coefficient (Wildman–Crippen LogP) is 1.05. The van der Waals surface area contributed by atoms with Gasteiger partial charge in [0.25, 0.3) is 5.91 Å². The number of aromatic nitrogens is 2. The number of aryl methyl sites for hydroxylation is 1. The van der Waals surface area contributed by atoms with Crippen molar-refractivity contribution in [1.29, 1.82) is 0 Å². The van der Waals surface area contributed by atoms with Gasteiger partial charge in [0.2, 0.25) is 0 Å². The molecule has 104 valence electrons. The third kappa shape index (κ3) is 3.45. The fourth-order valence-electron chi connectivity index (χ4n) is 1.58. The van der Waals surface area contributed by atoms with E-state index >= 15 is 0 Å². The Bertz CT molecular complexity index is 576. The van der Waals surface area contributed by atoms with Gasteiger partial charge in [-0.15, -0.1) is 0 Å². The number of imidazole rings is 1. The Morgan fingerprint density at radius 1 is 1.42 bits per heavy atom. The van der Waals surface area contributed by atoms with Crippen LogP contribution >= 0.6 is 0 Å². The zero-order valence-electron chi connectivity index (χ0n) is 11.6. The molecule has 0 bridgehead atoms. The minimum atomic E-state index is -0.149. The van der Waals surface area contributed by atoms with Crippen LogP contribution in [0.2, 0.25) is 0 Å². The monoisotopic (exact) mass is 265 g/mol. The van der Waals surface area contributed by atoms with Gasteiger partial charge in [0.1, 0.15) is 0 Å². The molecule has 1 amide bonds. The summed E-state index contributed by atoms with van der Waals surface area (Å²) >= 11 is 0. The number of nitrogens with zero attached hydrogens (tertiary/aromatic N) is 3. The van der Waals surface area contributed by atoms with Gasteiger partial charge in [0.05, 0.1) is 11.3 Å². The zero-order chi connectivity index (χ0) is 14.6. The summed E-state index contributed by atoms with van der Waals surface area (Å²) < 4.78 is 1.65. The summed E-state index contributed by atoms with van der Waals surface area (Å²) in [5.41, 5.74) is 1.70. The van der Waals surface area contributed by atoms with Crippen LogP contribution in [0.25, 0.3) is 5.65 Å². The van der Waals surface area contributed by atoms with E-state index in [1.807, 2.05) is 6.92 Å². The highest BCUT2D eigenvalue weighted by atomic mass is 16.3. The number of aromatic hydroxyl groups is 1. The first-order chi connectivity index (χ1) is 8.90. The number of carbonyl (C=O) groups excluding carboxylic acids is 1. The van der Waals surface area contributed by atoms with E-state index in [-0.39, 0.29) is 18.3 Å². The van der Waals surface area contributed by atoms with E-state index in [2.05, 4.69) is 4.98 Å². The summed E-state index contributed by atoms with van der Waals surface area (Å²) in [6.45, 7) is 3.76. The van der Waals surface area contributed by atoms with Crippen molar-refractivity contribution in [2.75, 3.05) is 20.7 Å². The minimum Gasteiger partial charge on any atom is -0.504 e. The van der Waals surface area contributed by atoms with Crippen LogP contribution < -0.4 is 0 Å². The molecule has 0 aromatic carbocycles. The third-order valence-corrected chi connectivity index (χ3v) is 2.31. The van der Waals surface area contributed by atoms with Gasteiger partial charge in [-0.3, -0.25) is 4.79 Å². The number of hydrogen-bond donors (Lipinski definition) is 2. The van der Waals surface area contributed by atoms with E-state index in [0.717, 1.165) is 5.69 Å². The number of rotatable bonds is 1. The smallest absolute Gasteiger partial charge is 0.254 e. The first kappa shape index (κ1) is 15.0. The standard InChI is InChI=1S/C11H13N3O2.C2H6O/c1-7-5-14-6-8(11(16)13(2)3)4-9(15)10(14)12-7;1-2-3/h4-6,15H,1-3H3;3H,2H2,1H3. The van der Waals surface area contributed by atoms with Gasteiger partial charge >= 0.3 is 0 Å². The number of amides is 1. The molecule has 2 aromatic heterocycles. The van der Waals surface area contributed by atoms with Crippen molar-refractivity contribution in [2.45, 2.75) is 13.8 Å². The maximum atomic E-state index is 11.7. The summed E-state index contributed by atoms with van der Waals surface area (Å²) in [5, 5.41) is 17.3. The van der Waals surface area contributed by atoms with Crippen LogP contribution in [0.15, 0.2) is 18.5 Å². The van der Waals surface area contributed by atoms with Crippen LogP contribution in [0.4, 0.5) is 0 Å². The molecule has 2 rings (SSSR count). The Labute approximate surface area is 111 Å². The highest BCUT2D eigenvalue weighted by molar-refractivity contribution is 5.94. The molecule has 2 heterocycles. The first-order valence-electron chi connectivity index (χ1n) is 5.91. The second-order valence-corrected chi connectivity index (χ2v) is 4.24. The number of aliphatic hydroxyl groups excluding tert-OH is 1. The molecular formula is C13H19N3O3. The summed E-state index contributed by atoms with van der Waals surface area (Å²) in [6.07, 6.45) is 3.43.